The summed E-state index contributed by atoms with van der Waals surface area (Å²) in [5.74, 6) is -1.45. The van der Waals surface area contributed by atoms with Crippen molar-refractivity contribution in [2.24, 2.45) is 0 Å². The molecule has 0 aliphatic carbocycles. The summed E-state index contributed by atoms with van der Waals surface area (Å²) in [5, 5.41) is 23.0. The summed E-state index contributed by atoms with van der Waals surface area (Å²) < 4.78 is 0. The molecule has 28 heavy (non-hydrogen) atoms. The van der Waals surface area contributed by atoms with Crippen molar-refractivity contribution in [3.63, 3.8) is 0 Å². The van der Waals surface area contributed by atoms with Gasteiger partial charge in [-0.15, -0.1) is 33.3 Å². The third kappa shape index (κ3) is 3.91. The molecule has 12 heteroatoms. The maximum atomic E-state index is 12.6. The van der Waals surface area contributed by atoms with E-state index in [0.717, 1.165) is 9.88 Å². The van der Waals surface area contributed by atoms with Crippen molar-refractivity contribution in [1.29, 1.82) is 0 Å². The van der Waals surface area contributed by atoms with Crippen molar-refractivity contribution in [1.82, 2.24) is 20.4 Å². The van der Waals surface area contributed by atoms with Crippen molar-refractivity contribution >= 4 is 87.3 Å². The van der Waals surface area contributed by atoms with Gasteiger partial charge in [-0.05, 0) is 18.4 Å². The molecule has 0 spiro atoms. The number of aliphatic carboxylic acids is 1. The van der Waals surface area contributed by atoms with E-state index >= 15 is 0 Å². The number of fused-ring (bicyclic) bond motifs is 1. The van der Waals surface area contributed by atoms with E-state index in [4.69, 9.17) is 0 Å². The molecule has 2 aromatic heterocycles. The number of carbonyl (C=O) groups is 3. The van der Waals surface area contributed by atoms with Crippen LogP contribution in [0.4, 0.5) is 0 Å². The molecule has 2 aromatic rings. The van der Waals surface area contributed by atoms with Gasteiger partial charge in [-0.2, -0.15) is 0 Å². The molecule has 8 nitrogen and oxygen atoms in total. The average Bonchev–Trinajstić information content (AvgIpc) is 3.29. The second kappa shape index (κ2) is 8.64. The van der Waals surface area contributed by atoms with Crippen LogP contribution in [-0.4, -0.2) is 84.7 Å². The Morgan fingerprint density at radius 2 is 2.18 bits per heavy atom. The topological polar surface area (TPSA) is 112 Å². The number of carboxylic acids is 1. The zero-order valence-corrected chi connectivity index (χ0v) is 16.5. The van der Waals surface area contributed by atoms with Crippen LogP contribution >= 0.6 is 34.4 Å². The number of rotatable bonds is 5. The minimum atomic E-state index is -1.18. The Bertz CT molecular complexity index is 959. The van der Waals surface area contributed by atoms with Crippen LogP contribution in [-0.2, 0) is 20.8 Å². The Morgan fingerprint density at radius 1 is 1.39 bits per heavy atom. The first-order valence-electron chi connectivity index (χ1n) is 7.99. The predicted octanol–water partition coefficient (Wildman–Crippen LogP) is 0.698. The molecule has 142 valence electrons. The molecule has 1 saturated heterocycles. The first kappa shape index (κ1) is 21.5. The number of carbonyl (C=O) groups excluding carboxylic acids is 2. The van der Waals surface area contributed by atoms with Crippen LogP contribution in [0.2, 0.25) is 0 Å². The average molecular weight is 447 g/mol. The van der Waals surface area contributed by atoms with Gasteiger partial charge in [0, 0.05) is 16.2 Å². The van der Waals surface area contributed by atoms with Crippen LogP contribution in [0.3, 0.4) is 0 Å². The Kier molecular flexibility index (Phi) is 6.62. The van der Waals surface area contributed by atoms with Crippen LogP contribution in [0.15, 0.2) is 23.2 Å². The SMILES string of the molecule is Cc1nnc(C2=C(C(=O)O)N3C(=O)C(NC(=O)Cc4cccs4)[C@H]3SC2)s1.[NaH]. The van der Waals surface area contributed by atoms with Crippen molar-refractivity contribution in [3.05, 3.63) is 38.1 Å². The molecule has 4 heterocycles. The zero-order valence-electron chi connectivity index (χ0n) is 14.0. The molecule has 1 fully saturated rings. The number of hydrogen-bond donors (Lipinski definition) is 2. The monoisotopic (exact) mass is 446 g/mol. The summed E-state index contributed by atoms with van der Waals surface area (Å²) in [6.45, 7) is 1.79. The van der Waals surface area contributed by atoms with E-state index in [1.165, 1.54) is 39.3 Å². The molecule has 0 saturated carbocycles. The molecule has 2 aliphatic heterocycles. The zero-order chi connectivity index (χ0) is 19.1. The van der Waals surface area contributed by atoms with Crippen molar-refractivity contribution in [3.8, 4) is 0 Å². The number of amides is 2. The normalized spacial score (nSPS) is 20.9. The van der Waals surface area contributed by atoms with E-state index < -0.39 is 23.3 Å². The van der Waals surface area contributed by atoms with E-state index in [1.54, 1.807) is 6.92 Å². The van der Waals surface area contributed by atoms with E-state index in [2.05, 4.69) is 15.5 Å². The molecule has 4 rings (SSSR count). The Morgan fingerprint density at radius 3 is 2.79 bits per heavy atom. The van der Waals surface area contributed by atoms with Crippen LogP contribution < -0.4 is 5.32 Å². The molecule has 2 aliphatic rings. The van der Waals surface area contributed by atoms with Crippen LogP contribution in [0.25, 0.3) is 5.57 Å². The molecular formula is C16H15N4NaO4S3. The van der Waals surface area contributed by atoms with Crippen LogP contribution in [0, 0.1) is 6.92 Å². The van der Waals surface area contributed by atoms with Crippen LogP contribution in [0.5, 0.6) is 0 Å². The van der Waals surface area contributed by atoms with E-state index in [0.29, 0.717) is 16.3 Å². The summed E-state index contributed by atoms with van der Waals surface area (Å²) in [7, 11) is 0. The number of carboxylic acid groups (broad SMARTS) is 1. The third-order valence-electron chi connectivity index (χ3n) is 4.19. The summed E-state index contributed by atoms with van der Waals surface area (Å²) >= 11 is 4.19. The standard InChI is InChI=1S/C16H14N4O4S3.Na.H/c1-7-18-19-13(27-7)9-6-26-15-11(14(22)20(15)12(9)16(23)24)17-10(21)5-8-3-2-4-25-8;;/h2-4,11,15H,5-6H2,1H3,(H,17,21)(H,23,24);;/t11?,15-;;/m1../s1. The van der Waals surface area contributed by atoms with Gasteiger partial charge in [0.05, 0.1) is 6.42 Å². The van der Waals surface area contributed by atoms with E-state index in [9.17, 15) is 19.5 Å². The van der Waals surface area contributed by atoms with Crippen molar-refractivity contribution in [2.45, 2.75) is 24.8 Å². The summed E-state index contributed by atoms with van der Waals surface area (Å²) in [4.78, 5) is 38.8. The van der Waals surface area contributed by atoms with E-state index in [1.807, 2.05) is 17.5 Å². The van der Waals surface area contributed by atoms with Gasteiger partial charge in [-0.1, -0.05) is 17.4 Å². The molecule has 0 radical (unpaired) electrons. The second-order valence-electron chi connectivity index (χ2n) is 5.97. The number of nitrogens with zero attached hydrogens (tertiary/aromatic N) is 3. The Hall–Kier alpha value is -1.24. The first-order chi connectivity index (χ1) is 13.0. The van der Waals surface area contributed by atoms with Gasteiger partial charge >= 0.3 is 35.5 Å². The fourth-order valence-corrected chi connectivity index (χ4v) is 5.87. The fourth-order valence-electron chi connectivity index (χ4n) is 3.00. The van der Waals surface area contributed by atoms with Gasteiger partial charge in [0.2, 0.25) is 5.91 Å². The summed E-state index contributed by atoms with van der Waals surface area (Å²) in [6, 6.07) is 3.01. The van der Waals surface area contributed by atoms with Crippen LogP contribution in [0.1, 0.15) is 14.9 Å². The number of β-lactam (4-membered cyclic amide) rings is 1. The molecule has 0 bridgehead atoms. The molecule has 2 amide bonds. The number of hydrogen-bond acceptors (Lipinski definition) is 8. The van der Waals surface area contributed by atoms with Gasteiger partial charge < -0.3 is 10.4 Å². The summed E-state index contributed by atoms with van der Waals surface area (Å²) in [5.41, 5.74) is 0.426. The number of aryl methyl sites for hydroxylation is 1. The number of aromatic nitrogens is 2. The molecule has 2 N–H and O–H groups in total. The third-order valence-corrected chi connectivity index (χ3v) is 7.24. The first-order valence-corrected chi connectivity index (χ1v) is 10.7. The number of thioether (sulfide) groups is 1. The molecule has 1 unspecified atom stereocenters. The Balaban J connectivity index is 0.00000225. The van der Waals surface area contributed by atoms with E-state index in [-0.39, 0.29) is 47.6 Å². The van der Waals surface area contributed by atoms with Gasteiger partial charge in [-0.3, -0.25) is 14.5 Å². The van der Waals surface area contributed by atoms with Gasteiger partial charge in [-0.25, -0.2) is 4.79 Å². The quantitative estimate of drug-likeness (QED) is 0.514. The van der Waals surface area contributed by atoms with Gasteiger partial charge in [0.25, 0.3) is 5.91 Å². The predicted molar refractivity (Wildman–Crippen MR) is 109 cm³/mol. The second-order valence-corrected chi connectivity index (χ2v) is 9.29. The molecular weight excluding hydrogens is 431 g/mol. The van der Waals surface area contributed by atoms with Crippen molar-refractivity contribution < 1.29 is 19.5 Å². The Labute approximate surface area is 194 Å². The van der Waals surface area contributed by atoms with Gasteiger partial charge in [0.15, 0.2) is 0 Å². The van der Waals surface area contributed by atoms with Gasteiger partial charge in [0.1, 0.15) is 27.1 Å². The number of nitrogens with one attached hydrogen (secondary N) is 1. The molecule has 2 atom stereocenters. The van der Waals surface area contributed by atoms with Crippen molar-refractivity contribution in [2.75, 3.05) is 5.75 Å². The molecule has 0 aromatic carbocycles. The number of thiophene rings is 1. The maximum absolute atomic E-state index is 12.6. The minimum absolute atomic E-state index is 0. The fraction of sp³-hybridized carbons (Fsp3) is 0.312. The summed E-state index contributed by atoms with van der Waals surface area (Å²) in [6.07, 6.45) is 0.204.